The predicted molar refractivity (Wildman–Crippen MR) is 77.7 cm³/mol. The first kappa shape index (κ1) is 15.7. The van der Waals surface area contributed by atoms with Gasteiger partial charge in [0.05, 0.1) is 0 Å². The molecule has 1 aliphatic carbocycles. The fourth-order valence-electron chi connectivity index (χ4n) is 3.16. The van der Waals surface area contributed by atoms with Gasteiger partial charge >= 0.3 is 0 Å². The maximum atomic E-state index is 11.5. The molecule has 1 fully saturated rings. The minimum Gasteiger partial charge on any atom is -0.303 e. The number of rotatable bonds is 8. The Balaban J connectivity index is 2.72. The molecular formula is C16H31NO. The number of carbonyl (C=O) groups excluding carboxylic acids is 1. The van der Waals surface area contributed by atoms with Crippen LogP contribution in [0.1, 0.15) is 66.2 Å². The molecular weight excluding hydrogens is 222 g/mol. The van der Waals surface area contributed by atoms with Gasteiger partial charge in [0.1, 0.15) is 6.29 Å². The molecule has 0 N–H and O–H groups in total. The van der Waals surface area contributed by atoms with Crippen molar-refractivity contribution in [2.75, 3.05) is 13.1 Å². The number of carbonyl (C=O) groups is 1. The number of hydrogen-bond donors (Lipinski definition) is 0. The van der Waals surface area contributed by atoms with E-state index in [9.17, 15) is 4.79 Å². The van der Waals surface area contributed by atoms with Gasteiger partial charge in [-0.1, -0.05) is 40.5 Å². The van der Waals surface area contributed by atoms with Crippen molar-refractivity contribution in [2.24, 2.45) is 11.3 Å². The largest absolute Gasteiger partial charge is 0.303 e. The van der Waals surface area contributed by atoms with Gasteiger partial charge in [-0.15, -0.1) is 0 Å². The monoisotopic (exact) mass is 253 g/mol. The Morgan fingerprint density at radius 1 is 1.22 bits per heavy atom. The Bertz CT molecular complexity index is 239. The lowest BCUT2D eigenvalue weighted by Crippen LogP contribution is -2.44. The fourth-order valence-corrected chi connectivity index (χ4v) is 3.16. The highest BCUT2D eigenvalue weighted by Crippen LogP contribution is 2.30. The molecule has 0 saturated heterocycles. The molecule has 0 bridgehead atoms. The molecule has 0 aromatic heterocycles. The second-order valence-corrected chi connectivity index (χ2v) is 6.45. The van der Waals surface area contributed by atoms with Crippen molar-refractivity contribution >= 4 is 6.29 Å². The van der Waals surface area contributed by atoms with Crippen molar-refractivity contribution in [1.82, 2.24) is 4.90 Å². The molecule has 0 aromatic carbocycles. The third-order valence-corrected chi connectivity index (χ3v) is 4.62. The van der Waals surface area contributed by atoms with E-state index in [0.717, 1.165) is 32.0 Å². The standard InChI is InChI=1S/C16H31NO/c1-5-16(6-2,13-18)12-17(11-14(3)4)15-9-7-8-10-15/h13-15H,5-12H2,1-4H3. The summed E-state index contributed by atoms with van der Waals surface area (Å²) in [6.45, 7) is 11.0. The van der Waals surface area contributed by atoms with Crippen LogP contribution in [0.25, 0.3) is 0 Å². The van der Waals surface area contributed by atoms with Gasteiger partial charge < -0.3 is 4.79 Å². The summed E-state index contributed by atoms with van der Waals surface area (Å²) in [7, 11) is 0. The molecule has 2 heteroatoms. The maximum absolute atomic E-state index is 11.5. The summed E-state index contributed by atoms with van der Waals surface area (Å²) in [5.41, 5.74) is -0.114. The van der Waals surface area contributed by atoms with Crippen molar-refractivity contribution in [2.45, 2.75) is 72.3 Å². The zero-order chi connectivity index (χ0) is 13.6. The van der Waals surface area contributed by atoms with E-state index in [0.29, 0.717) is 5.92 Å². The molecule has 0 spiro atoms. The van der Waals surface area contributed by atoms with Crippen LogP contribution in [0.4, 0.5) is 0 Å². The van der Waals surface area contributed by atoms with Gasteiger partial charge in [0, 0.05) is 24.5 Å². The van der Waals surface area contributed by atoms with Crippen molar-refractivity contribution in [3.63, 3.8) is 0 Å². The topological polar surface area (TPSA) is 20.3 Å². The minimum absolute atomic E-state index is 0.114. The zero-order valence-electron chi connectivity index (χ0n) is 12.7. The molecule has 0 amide bonds. The summed E-state index contributed by atoms with van der Waals surface area (Å²) in [6.07, 6.45) is 8.54. The predicted octanol–water partition coefficient (Wildman–Crippen LogP) is 3.89. The number of nitrogens with zero attached hydrogens (tertiary/aromatic N) is 1. The van der Waals surface area contributed by atoms with Crippen LogP contribution in [-0.2, 0) is 4.79 Å². The molecule has 0 unspecified atom stereocenters. The first-order valence-electron chi connectivity index (χ1n) is 7.77. The van der Waals surface area contributed by atoms with E-state index in [2.05, 4.69) is 32.6 Å². The highest BCUT2D eigenvalue weighted by atomic mass is 16.1. The lowest BCUT2D eigenvalue weighted by molar-refractivity contribution is -0.118. The fraction of sp³-hybridized carbons (Fsp3) is 0.938. The Labute approximate surface area is 113 Å². The van der Waals surface area contributed by atoms with Crippen LogP contribution in [0, 0.1) is 11.3 Å². The smallest absolute Gasteiger partial charge is 0.127 e. The van der Waals surface area contributed by atoms with Crippen molar-refractivity contribution in [3.05, 3.63) is 0 Å². The molecule has 2 nitrogen and oxygen atoms in total. The summed E-state index contributed by atoms with van der Waals surface area (Å²) in [5, 5.41) is 0. The summed E-state index contributed by atoms with van der Waals surface area (Å²) >= 11 is 0. The molecule has 0 atom stereocenters. The average Bonchev–Trinajstić information content (AvgIpc) is 2.88. The van der Waals surface area contributed by atoms with Gasteiger partial charge in [-0.25, -0.2) is 0 Å². The molecule has 0 aliphatic heterocycles. The van der Waals surface area contributed by atoms with E-state index in [1.165, 1.54) is 32.0 Å². The normalized spacial score (nSPS) is 17.9. The van der Waals surface area contributed by atoms with E-state index in [-0.39, 0.29) is 5.41 Å². The highest BCUT2D eigenvalue weighted by Gasteiger charge is 2.32. The van der Waals surface area contributed by atoms with Crippen LogP contribution in [-0.4, -0.2) is 30.3 Å². The summed E-state index contributed by atoms with van der Waals surface area (Å²) in [6, 6.07) is 0.727. The van der Waals surface area contributed by atoms with Crippen LogP contribution in [0.3, 0.4) is 0 Å². The van der Waals surface area contributed by atoms with Gasteiger partial charge in [0.2, 0.25) is 0 Å². The Morgan fingerprint density at radius 2 is 1.78 bits per heavy atom. The van der Waals surface area contributed by atoms with Gasteiger partial charge in [-0.05, 0) is 31.6 Å². The number of aldehydes is 1. The molecule has 0 radical (unpaired) electrons. The Morgan fingerprint density at radius 3 is 2.17 bits per heavy atom. The van der Waals surface area contributed by atoms with Crippen molar-refractivity contribution in [1.29, 1.82) is 0 Å². The van der Waals surface area contributed by atoms with Gasteiger partial charge in [-0.3, -0.25) is 4.90 Å². The maximum Gasteiger partial charge on any atom is 0.127 e. The average molecular weight is 253 g/mol. The van der Waals surface area contributed by atoms with Crippen LogP contribution >= 0.6 is 0 Å². The Kier molecular flexibility index (Phi) is 6.34. The first-order chi connectivity index (χ1) is 8.56. The summed E-state index contributed by atoms with van der Waals surface area (Å²) in [5.74, 6) is 0.684. The second-order valence-electron chi connectivity index (χ2n) is 6.45. The van der Waals surface area contributed by atoms with Crippen LogP contribution in [0.5, 0.6) is 0 Å². The second kappa shape index (κ2) is 7.28. The molecule has 1 saturated carbocycles. The third kappa shape index (κ3) is 4.08. The molecule has 1 rings (SSSR count). The van der Waals surface area contributed by atoms with Gasteiger partial charge in [0.15, 0.2) is 0 Å². The SMILES string of the molecule is CCC(C=O)(CC)CN(CC(C)C)C1CCCC1. The van der Waals surface area contributed by atoms with E-state index in [1.54, 1.807) is 0 Å². The molecule has 0 aromatic rings. The molecule has 0 heterocycles. The van der Waals surface area contributed by atoms with E-state index in [1.807, 2.05) is 0 Å². The van der Waals surface area contributed by atoms with Crippen LogP contribution in [0.2, 0.25) is 0 Å². The van der Waals surface area contributed by atoms with Gasteiger partial charge in [0.25, 0.3) is 0 Å². The summed E-state index contributed by atoms with van der Waals surface area (Å²) in [4.78, 5) is 14.1. The summed E-state index contributed by atoms with van der Waals surface area (Å²) < 4.78 is 0. The first-order valence-corrected chi connectivity index (χ1v) is 7.77. The molecule has 1 aliphatic rings. The van der Waals surface area contributed by atoms with E-state index in [4.69, 9.17) is 0 Å². The van der Waals surface area contributed by atoms with Crippen molar-refractivity contribution in [3.8, 4) is 0 Å². The van der Waals surface area contributed by atoms with E-state index >= 15 is 0 Å². The quantitative estimate of drug-likeness (QED) is 0.612. The lowest BCUT2D eigenvalue weighted by Gasteiger charge is -2.37. The molecule has 18 heavy (non-hydrogen) atoms. The third-order valence-electron chi connectivity index (χ3n) is 4.62. The molecule has 106 valence electrons. The van der Waals surface area contributed by atoms with Crippen molar-refractivity contribution < 1.29 is 4.79 Å². The van der Waals surface area contributed by atoms with E-state index < -0.39 is 0 Å². The van der Waals surface area contributed by atoms with Gasteiger partial charge in [-0.2, -0.15) is 0 Å². The van der Waals surface area contributed by atoms with Crippen LogP contribution < -0.4 is 0 Å². The minimum atomic E-state index is -0.114. The van der Waals surface area contributed by atoms with Crippen LogP contribution in [0.15, 0.2) is 0 Å². The Hall–Kier alpha value is -0.370. The highest BCUT2D eigenvalue weighted by molar-refractivity contribution is 5.59. The number of hydrogen-bond acceptors (Lipinski definition) is 2. The zero-order valence-corrected chi connectivity index (χ0v) is 12.7. The lowest BCUT2D eigenvalue weighted by atomic mass is 9.83.